The second kappa shape index (κ2) is 8.89. The summed E-state index contributed by atoms with van der Waals surface area (Å²) in [5.41, 5.74) is 2.11. The van der Waals surface area contributed by atoms with E-state index >= 15 is 0 Å². The molecule has 0 N–H and O–H groups in total. The number of carbonyl (C=O) groups excluding carboxylic acids is 1. The quantitative estimate of drug-likeness (QED) is 0.706. The molecule has 27 heavy (non-hydrogen) atoms. The third kappa shape index (κ3) is 5.22. The van der Waals surface area contributed by atoms with E-state index in [1.807, 2.05) is 24.0 Å². The Labute approximate surface area is 160 Å². The van der Waals surface area contributed by atoms with Gasteiger partial charge in [0, 0.05) is 38.2 Å². The maximum atomic E-state index is 12.4. The Morgan fingerprint density at radius 1 is 1.19 bits per heavy atom. The van der Waals surface area contributed by atoms with Crippen LogP contribution in [0.3, 0.4) is 0 Å². The van der Waals surface area contributed by atoms with Crippen LogP contribution in [0.25, 0.3) is 0 Å². The van der Waals surface area contributed by atoms with Crippen molar-refractivity contribution in [3.63, 3.8) is 0 Å². The average molecular weight is 368 g/mol. The topological polar surface area (TPSA) is 51.5 Å². The number of unbranched alkanes of at least 4 members (excludes halogenated alkanes) is 1. The van der Waals surface area contributed by atoms with Gasteiger partial charge in [-0.1, -0.05) is 30.3 Å². The Bertz CT molecular complexity index is 829. The lowest BCUT2D eigenvalue weighted by Gasteiger charge is -2.18. The van der Waals surface area contributed by atoms with Crippen molar-refractivity contribution < 1.29 is 9.53 Å². The van der Waals surface area contributed by atoms with E-state index < -0.39 is 0 Å². The Morgan fingerprint density at radius 2 is 1.96 bits per heavy atom. The lowest BCUT2D eigenvalue weighted by atomic mass is 10.1. The van der Waals surface area contributed by atoms with Gasteiger partial charge in [0.25, 0.3) is 5.56 Å². The van der Waals surface area contributed by atoms with E-state index in [0.29, 0.717) is 18.7 Å². The minimum Gasteiger partial charge on any atom is -0.488 e. The number of rotatable bonds is 7. The molecule has 0 radical (unpaired) electrons. The van der Waals surface area contributed by atoms with E-state index in [1.54, 1.807) is 11.6 Å². The Kier molecular flexibility index (Phi) is 6.32. The predicted octanol–water partition coefficient (Wildman–Crippen LogP) is 3.09. The van der Waals surface area contributed by atoms with Gasteiger partial charge in [0.05, 0.1) is 6.54 Å². The van der Waals surface area contributed by atoms with Crippen molar-refractivity contribution >= 4 is 5.91 Å². The minimum absolute atomic E-state index is 0.0372. The number of amides is 1. The van der Waals surface area contributed by atoms with Crippen molar-refractivity contribution in [2.24, 2.45) is 7.05 Å². The number of nitrogens with zero attached hydrogens (tertiary/aromatic N) is 2. The third-order valence-corrected chi connectivity index (χ3v) is 5.23. The number of aryl methyl sites for hydroxylation is 2. The molecule has 1 unspecified atom stereocenters. The third-order valence-electron chi connectivity index (χ3n) is 5.23. The molecule has 5 nitrogen and oxygen atoms in total. The van der Waals surface area contributed by atoms with Crippen molar-refractivity contribution in [2.45, 2.75) is 45.1 Å². The lowest BCUT2D eigenvalue weighted by molar-refractivity contribution is -0.130. The molecule has 1 aromatic heterocycles. The van der Waals surface area contributed by atoms with Crippen LogP contribution in [0, 0.1) is 6.92 Å². The number of ether oxygens (including phenoxy) is 1. The molecule has 1 aliphatic rings. The highest BCUT2D eigenvalue weighted by Crippen LogP contribution is 2.19. The fourth-order valence-electron chi connectivity index (χ4n) is 3.46. The zero-order chi connectivity index (χ0) is 19.2. The summed E-state index contributed by atoms with van der Waals surface area (Å²) in [7, 11) is 1.75. The molecule has 1 amide bonds. The molecule has 1 aliphatic heterocycles. The number of likely N-dealkylation sites (tertiary alicyclic amines) is 1. The summed E-state index contributed by atoms with van der Waals surface area (Å²) in [5.74, 6) is 0.798. The number of hydrogen-bond acceptors (Lipinski definition) is 3. The van der Waals surface area contributed by atoms with Crippen molar-refractivity contribution in [3.05, 3.63) is 64.1 Å². The molecule has 0 bridgehead atoms. The van der Waals surface area contributed by atoms with Crippen molar-refractivity contribution in [1.82, 2.24) is 9.47 Å². The van der Waals surface area contributed by atoms with Crippen molar-refractivity contribution in [3.8, 4) is 5.75 Å². The largest absolute Gasteiger partial charge is 0.488 e. The Hall–Kier alpha value is -2.56. The molecule has 5 heteroatoms. The van der Waals surface area contributed by atoms with Gasteiger partial charge in [0.15, 0.2) is 0 Å². The maximum Gasteiger partial charge on any atom is 0.254 e. The van der Waals surface area contributed by atoms with Gasteiger partial charge in [-0.25, -0.2) is 0 Å². The molecule has 2 aromatic rings. The number of benzene rings is 1. The van der Waals surface area contributed by atoms with E-state index in [2.05, 4.69) is 24.3 Å². The fraction of sp³-hybridized carbons (Fsp3) is 0.455. The van der Waals surface area contributed by atoms with Crippen molar-refractivity contribution in [2.75, 3.05) is 13.1 Å². The first-order chi connectivity index (χ1) is 13.0. The SMILES string of the molecule is Cc1cc(OC2CCN(C(=O)CCCCc3ccccc3)C2)cc(=O)n1C. The lowest BCUT2D eigenvalue weighted by Crippen LogP contribution is -2.31. The van der Waals surface area contributed by atoms with Gasteiger partial charge in [0.1, 0.15) is 11.9 Å². The molecule has 0 spiro atoms. The smallest absolute Gasteiger partial charge is 0.254 e. The van der Waals surface area contributed by atoms with Crippen LogP contribution >= 0.6 is 0 Å². The molecular formula is C22H28N2O3. The highest BCUT2D eigenvalue weighted by atomic mass is 16.5. The van der Waals surface area contributed by atoms with Gasteiger partial charge >= 0.3 is 0 Å². The number of carbonyl (C=O) groups is 1. The zero-order valence-corrected chi connectivity index (χ0v) is 16.2. The van der Waals surface area contributed by atoms with Crippen LogP contribution in [0.2, 0.25) is 0 Å². The molecule has 0 aliphatic carbocycles. The number of hydrogen-bond donors (Lipinski definition) is 0. The van der Waals surface area contributed by atoms with Crippen LogP contribution < -0.4 is 10.3 Å². The molecule has 2 heterocycles. The minimum atomic E-state index is -0.0747. The summed E-state index contributed by atoms with van der Waals surface area (Å²) in [4.78, 5) is 26.2. The monoisotopic (exact) mass is 368 g/mol. The van der Waals surface area contributed by atoms with E-state index in [0.717, 1.165) is 37.9 Å². The summed E-state index contributed by atoms with van der Waals surface area (Å²) in [6.45, 7) is 3.21. The first-order valence-corrected chi connectivity index (χ1v) is 9.69. The maximum absolute atomic E-state index is 12.4. The van der Waals surface area contributed by atoms with Crippen LogP contribution in [-0.2, 0) is 18.3 Å². The number of pyridine rings is 1. The van der Waals surface area contributed by atoms with Gasteiger partial charge in [-0.15, -0.1) is 0 Å². The summed E-state index contributed by atoms with van der Waals surface area (Å²) >= 11 is 0. The van der Waals surface area contributed by atoms with Gasteiger partial charge in [-0.05, 0) is 37.8 Å². The van der Waals surface area contributed by atoms with Crippen LogP contribution in [-0.4, -0.2) is 34.6 Å². The van der Waals surface area contributed by atoms with E-state index in [1.165, 1.54) is 11.6 Å². The van der Waals surface area contributed by atoms with Crippen LogP contribution in [0.5, 0.6) is 5.75 Å². The van der Waals surface area contributed by atoms with E-state index in [4.69, 9.17) is 4.74 Å². The molecule has 1 aromatic carbocycles. The normalized spacial score (nSPS) is 16.5. The number of aromatic nitrogens is 1. The molecule has 0 saturated carbocycles. The Balaban J connectivity index is 1.42. The summed E-state index contributed by atoms with van der Waals surface area (Å²) in [6.07, 6.45) is 4.31. The molecule has 3 rings (SSSR count). The highest BCUT2D eigenvalue weighted by Gasteiger charge is 2.27. The molecule has 1 saturated heterocycles. The average Bonchev–Trinajstić information content (AvgIpc) is 3.12. The molecule has 1 fully saturated rings. The highest BCUT2D eigenvalue weighted by molar-refractivity contribution is 5.76. The summed E-state index contributed by atoms with van der Waals surface area (Å²) in [5, 5.41) is 0. The van der Waals surface area contributed by atoms with Crippen LogP contribution in [0.1, 0.15) is 36.9 Å². The van der Waals surface area contributed by atoms with Crippen LogP contribution in [0.15, 0.2) is 47.3 Å². The van der Waals surface area contributed by atoms with Gasteiger partial charge in [-0.3, -0.25) is 9.59 Å². The fourth-order valence-corrected chi connectivity index (χ4v) is 3.46. The summed E-state index contributed by atoms with van der Waals surface area (Å²) < 4.78 is 7.54. The summed E-state index contributed by atoms with van der Waals surface area (Å²) in [6, 6.07) is 13.8. The van der Waals surface area contributed by atoms with E-state index in [-0.39, 0.29) is 17.6 Å². The van der Waals surface area contributed by atoms with Gasteiger partial charge < -0.3 is 14.2 Å². The molecular weight excluding hydrogens is 340 g/mol. The van der Waals surface area contributed by atoms with Gasteiger partial charge in [0.2, 0.25) is 5.91 Å². The Morgan fingerprint density at radius 3 is 2.70 bits per heavy atom. The molecule has 144 valence electrons. The second-order valence-electron chi connectivity index (χ2n) is 7.29. The first kappa shape index (κ1) is 19.2. The standard InChI is InChI=1S/C22H28N2O3/c1-17-14-20(15-22(26)23(17)2)27-19-12-13-24(16-19)21(25)11-7-6-10-18-8-4-3-5-9-18/h3-5,8-9,14-15,19H,6-7,10-13,16H2,1-2H3. The zero-order valence-electron chi connectivity index (χ0n) is 16.2. The first-order valence-electron chi connectivity index (χ1n) is 9.69. The predicted molar refractivity (Wildman–Crippen MR) is 106 cm³/mol. The van der Waals surface area contributed by atoms with Crippen LogP contribution in [0.4, 0.5) is 0 Å². The molecule has 1 atom stereocenters. The van der Waals surface area contributed by atoms with Crippen molar-refractivity contribution in [1.29, 1.82) is 0 Å². The van der Waals surface area contributed by atoms with Gasteiger partial charge in [-0.2, -0.15) is 0 Å². The van der Waals surface area contributed by atoms with E-state index in [9.17, 15) is 9.59 Å². The second-order valence-corrected chi connectivity index (χ2v) is 7.29.